The second-order valence-corrected chi connectivity index (χ2v) is 8.29. The maximum absolute atomic E-state index is 12.4. The number of ketones is 1. The molecule has 0 unspecified atom stereocenters. The van der Waals surface area contributed by atoms with Crippen LogP contribution in [0, 0.1) is 26.7 Å². The van der Waals surface area contributed by atoms with Gasteiger partial charge in [-0.2, -0.15) is 0 Å². The van der Waals surface area contributed by atoms with Crippen LogP contribution in [0.3, 0.4) is 0 Å². The Bertz CT molecular complexity index is 832. The predicted molar refractivity (Wildman–Crippen MR) is 101 cm³/mol. The molecule has 3 nitrogen and oxygen atoms in total. The topological polar surface area (TPSA) is 43.4 Å². The number of rotatable bonds is 4. The minimum Gasteiger partial charge on any atom is -0.453 e. The molecule has 1 atom stereocenters. The molecule has 0 bridgehead atoms. The molecule has 1 aliphatic rings. The molecule has 0 N–H and O–H groups in total. The summed E-state index contributed by atoms with van der Waals surface area (Å²) < 4.78 is 5.30. The molecular formula is C21H24O3S. The molecule has 0 aliphatic heterocycles. The number of Topliss-reactive ketones (excluding diaryl/α,β-unsaturated/α-hetero) is 1. The molecular weight excluding hydrogens is 332 g/mol. The van der Waals surface area contributed by atoms with Gasteiger partial charge < -0.3 is 4.74 Å². The van der Waals surface area contributed by atoms with E-state index >= 15 is 0 Å². The Labute approximate surface area is 153 Å². The molecule has 132 valence electrons. The van der Waals surface area contributed by atoms with Crippen LogP contribution in [0.25, 0.3) is 0 Å². The third kappa shape index (κ3) is 3.84. The molecule has 1 aromatic carbocycles. The van der Waals surface area contributed by atoms with E-state index in [9.17, 15) is 9.59 Å². The van der Waals surface area contributed by atoms with E-state index in [1.165, 1.54) is 28.2 Å². The van der Waals surface area contributed by atoms with E-state index in [-0.39, 0.29) is 18.4 Å². The first-order chi connectivity index (χ1) is 11.8. The number of aryl methyl sites for hydroxylation is 4. The molecule has 0 saturated heterocycles. The minimum absolute atomic E-state index is 0.149. The van der Waals surface area contributed by atoms with E-state index in [2.05, 4.69) is 6.92 Å². The van der Waals surface area contributed by atoms with Crippen LogP contribution in [0.4, 0.5) is 0 Å². The quantitative estimate of drug-likeness (QED) is 0.582. The van der Waals surface area contributed by atoms with Crippen molar-refractivity contribution < 1.29 is 14.3 Å². The Morgan fingerprint density at radius 2 is 1.84 bits per heavy atom. The number of carbonyl (C=O) groups is 2. The second kappa shape index (κ2) is 7.12. The molecule has 1 aliphatic carbocycles. The summed E-state index contributed by atoms with van der Waals surface area (Å²) in [5, 5.41) is 0. The number of hydrogen-bond acceptors (Lipinski definition) is 4. The van der Waals surface area contributed by atoms with Gasteiger partial charge in [-0.3, -0.25) is 4.79 Å². The Morgan fingerprint density at radius 1 is 1.12 bits per heavy atom. The average molecular weight is 356 g/mol. The zero-order valence-electron chi connectivity index (χ0n) is 15.3. The first-order valence-electron chi connectivity index (χ1n) is 8.75. The number of hydrogen-bond donors (Lipinski definition) is 0. The highest BCUT2D eigenvalue weighted by molar-refractivity contribution is 7.14. The van der Waals surface area contributed by atoms with Gasteiger partial charge in [0, 0.05) is 10.4 Å². The number of carbonyl (C=O) groups excluding carboxylic acids is 2. The zero-order chi connectivity index (χ0) is 18.1. The lowest BCUT2D eigenvalue weighted by Gasteiger charge is -2.16. The van der Waals surface area contributed by atoms with Crippen molar-refractivity contribution in [2.24, 2.45) is 5.92 Å². The summed E-state index contributed by atoms with van der Waals surface area (Å²) in [6.45, 7) is 7.95. The van der Waals surface area contributed by atoms with Gasteiger partial charge in [-0.05, 0) is 80.3 Å². The Morgan fingerprint density at radius 3 is 2.60 bits per heavy atom. The molecule has 0 saturated carbocycles. The third-order valence-corrected chi connectivity index (χ3v) is 6.22. The summed E-state index contributed by atoms with van der Waals surface area (Å²) in [6, 6.07) is 5.83. The summed E-state index contributed by atoms with van der Waals surface area (Å²) in [5.41, 5.74) is 5.05. The van der Waals surface area contributed by atoms with Crippen molar-refractivity contribution >= 4 is 23.1 Å². The van der Waals surface area contributed by atoms with E-state index in [0.29, 0.717) is 16.4 Å². The summed E-state index contributed by atoms with van der Waals surface area (Å²) in [4.78, 5) is 26.7. The van der Waals surface area contributed by atoms with E-state index in [1.54, 1.807) is 0 Å². The normalized spacial score (nSPS) is 16.4. The second-order valence-electron chi connectivity index (χ2n) is 7.16. The third-order valence-electron chi connectivity index (χ3n) is 5.01. The van der Waals surface area contributed by atoms with Gasteiger partial charge in [0.25, 0.3) is 0 Å². The van der Waals surface area contributed by atoms with Gasteiger partial charge in [0.15, 0.2) is 6.61 Å². The molecule has 0 radical (unpaired) electrons. The van der Waals surface area contributed by atoms with Crippen LogP contribution in [0.5, 0.6) is 0 Å². The zero-order valence-corrected chi connectivity index (χ0v) is 16.1. The van der Waals surface area contributed by atoms with Gasteiger partial charge in [-0.25, -0.2) is 4.79 Å². The Balaban J connectivity index is 1.66. The maximum Gasteiger partial charge on any atom is 0.348 e. The highest BCUT2D eigenvalue weighted by Crippen LogP contribution is 2.32. The van der Waals surface area contributed by atoms with Gasteiger partial charge in [0.05, 0.1) is 0 Å². The number of benzene rings is 1. The van der Waals surface area contributed by atoms with Crippen molar-refractivity contribution in [1.29, 1.82) is 0 Å². The smallest absolute Gasteiger partial charge is 0.348 e. The van der Waals surface area contributed by atoms with Gasteiger partial charge in [0.1, 0.15) is 4.88 Å². The van der Waals surface area contributed by atoms with Crippen molar-refractivity contribution in [3.63, 3.8) is 0 Å². The van der Waals surface area contributed by atoms with Crippen LogP contribution in [0.2, 0.25) is 0 Å². The highest BCUT2D eigenvalue weighted by atomic mass is 32.1. The molecule has 1 aromatic heterocycles. The van der Waals surface area contributed by atoms with Gasteiger partial charge >= 0.3 is 5.97 Å². The average Bonchev–Trinajstić information content (AvgIpc) is 2.98. The summed E-state index contributed by atoms with van der Waals surface area (Å²) >= 11 is 1.51. The van der Waals surface area contributed by atoms with Crippen LogP contribution >= 0.6 is 11.3 Å². The number of fused-ring (bicyclic) bond motifs is 1. The molecule has 0 fully saturated rings. The van der Waals surface area contributed by atoms with Crippen molar-refractivity contribution in [1.82, 2.24) is 0 Å². The lowest BCUT2D eigenvalue weighted by Crippen LogP contribution is -2.15. The van der Waals surface area contributed by atoms with Gasteiger partial charge in [0.2, 0.25) is 5.78 Å². The van der Waals surface area contributed by atoms with Crippen LogP contribution in [0.1, 0.15) is 60.5 Å². The van der Waals surface area contributed by atoms with Crippen LogP contribution < -0.4 is 0 Å². The minimum atomic E-state index is -0.387. The fraction of sp³-hybridized carbons (Fsp3) is 0.429. The molecule has 1 heterocycles. The lowest BCUT2D eigenvalue weighted by molar-refractivity contribution is 0.0479. The van der Waals surface area contributed by atoms with E-state index in [0.717, 1.165) is 29.5 Å². The van der Waals surface area contributed by atoms with Crippen LogP contribution in [-0.2, 0) is 17.6 Å². The van der Waals surface area contributed by atoms with Gasteiger partial charge in [-0.15, -0.1) is 11.3 Å². The lowest BCUT2D eigenvalue weighted by atomic mass is 9.90. The maximum atomic E-state index is 12.4. The van der Waals surface area contributed by atoms with Crippen molar-refractivity contribution in [2.45, 2.75) is 47.0 Å². The number of ether oxygens (including phenoxy) is 1. The fourth-order valence-electron chi connectivity index (χ4n) is 3.35. The summed E-state index contributed by atoms with van der Waals surface area (Å²) in [6.07, 6.45) is 3.24. The number of esters is 1. The summed E-state index contributed by atoms with van der Waals surface area (Å²) in [7, 11) is 0. The van der Waals surface area contributed by atoms with Crippen LogP contribution in [-0.4, -0.2) is 18.4 Å². The molecule has 0 amide bonds. The van der Waals surface area contributed by atoms with Crippen LogP contribution in [0.15, 0.2) is 18.2 Å². The first-order valence-corrected chi connectivity index (χ1v) is 9.56. The Kier molecular flexibility index (Phi) is 5.09. The largest absolute Gasteiger partial charge is 0.453 e. The van der Waals surface area contributed by atoms with Crippen molar-refractivity contribution in [3.05, 3.63) is 55.8 Å². The van der Waals surface area contributed by atoms with Crippen molar-refractivity contribution in [3.8, 4) is 0 Å². The fourth-order valence-corrected chi connectivity index (χ4v) is 4.45. The molecule has 3 rings (SSSR count). The SMILES string of the molecule is Cc1cc(C)c(C(=O)COC(=O)c2cc3c(s2)CC[C@@H](C)C3)cc1C. The van der Waals surface area contributed by atoms with E-state index in [1.807, 2.05) is 39.0 Å². The van der Waals surface area contributed by atoms with E-state index < -0.39 is 0 Å². The molecule has 2 aromatic rings. The monoisotopic (exact) mass is 356 g/mol. The molecule has 0 spiro atoms. The highest BCUT2D eigenvalue weighted by Gasteiger charge is 2.22. The predicted octanol–water partition coefficient (Wildman–Crippen LogP) is 4.84. The van der Waals surface area contributed by atoms with Gasteiger partial charge in [-0.1, -0.05) is 13.0 Å². The summed E-state index contributed by atoms with van der Waals surface area (Å²) in [5.74, 6) is 0.131. The molecule has 4 heteroatoms. The number of thiophene rings is 1. The Hall–Kier alpha value is -1.94. The standard InChI is InChI=1S/C21H24O3S/c1-12-5-6-19-16(7-12)10-20(25-19)21(23)24-11-18(22)17-9-14(3)13(2)8-15(17)4/h8-10,12H,5-7,11H2,1-4H3/t12-/m1/s1. The first kappa shape index (κ1) is 17.9. The molecule has 25 heavy (non-hydrogen) atoms. The van der Waals surface area contributed by atoms with Crippen molar-refractivity contribution in [2.75, 3.05) is 6.61 Å². The van der Waals surface area contributed by atoms with E-state index in [4.69, 9.17) is 4.74 Å².